The summed E-state index contributed by atoms with van der Waals surface area (Å²) < 4.78 is 4.82. The van der Waals surface area contributed by atoms with E-state index in [1.165, 1.54) is 72.5 Å². The monoisotopic (exact) mass is 489 g/mol. The lowest BCUT2D eigenvalue weighted by Crippen LogP contribution is -2.41. The Balaban J connectivity index is 1.58. The van der Waals surface area contributed by atoms with Crippen LogP contribution in [0.5, 0.6) is 0 Å². The maximum Gasteiger partial charge on any atom is 0.223 e. The van der Waals surface area contributed by atoms with Crippen molar-refractivity contribution in [1.29, 1.82) is 0 Å². The van der Waals surface area contributed by atoms with Gasteiger partial charge in [-0.2, -0.15) is 4.57 Å². The molecule has 0 saturated carbocycles. The first-order valence-electron chi connectivity index (χ1n) is 13.7. The first kappa shape index (κ1) is 21.6. The summed E-state index contributed by atoms with van der Waals surface area (Å²) in [5.41, 5.74) is 16.6. The molecule has 38 heavy (non-hydrogen) atoms. The van der Waals surface area contributed by atoms with Crippen molar-refractivity contribution in [2.45, 2.75) is 25.7 Å². The Morgan fingerprint density at radius 2 is 1.21 bits per heavy atom. The molecule has 0 saturated heterocycles. The smallest absolute Gasteiger partial charge is 0.223 e. The minimum atomic E-state index is 1.05. The highest BCUT2D eigenvalue weighted by Gasteiger charge is 2.38. The molecule has 2 aliphatic carbocycles. The molecule has 8 rings (SSSR count). The molecule has 2 heterocycles. The number of pyridine rings is 1. The third-order valence-electron chi connectivity index (χ3n) is 8.65. The van der Waals surface area contributed by atoms with E-state index in [4.69, 9.17) is 0 Å². The Morgan fingerprint density at radius 3 is 1.87 bits per heavy atom. The largest absolute Gasteiger partial charge is 0.351 e. The standard InChI is InChI=1S/C36H29N2/c1-37-22-21-27-23-28(17-20-33(27)37)38-35-29-13-7-5-9-24(29)15-18-31(35)34(26-11-3-2-4-12-26)32-19-16-25-10-6-8-14-30(25)36(32)38/h2-14,17,20-23H,15-16,18-19H2,1H3/q+1. The number of hydrogen-bond donors (Lipinski definition) is 0. The lowest BCUT2D eigenvalue weighted by atomic mass is 9.77. The maximum absolute atomic E-state index is 2.61. The van der Waals surface area contributed by atoms with E-state index >= 15 is 0 Å². The van der Waals surface area contributed by atoms with Crippen LogP contribution in [0.1, 0.15) is 22.3 Å². The van der Waals surface area contributed by atoms with E-state index in [9.17, 15) is 0 Å². The molecular formula is C36H29N2+. The minimum Gasteiger partial charge on any atom is -0.351 e. The Kier molecular flexibility index (Phi) is 4.72. The van der Waals surface area contributed by atoms with E-state index in [2.05, 4.69) is 126 Å². The van der Waals surface area contributed by atoms with Gasteiger partial charge in [-0.1, -0.05) is 66.7 Å². The first-order valence-corrected chi connectivity index (χ1v) is 13.7. The van der Waals surface area contributed by atoms with Crippen LogP contribution in [0.2, 0.25) is 0 Å². The molecule has 0 aliphatic heterocycles. The molecule has 2 aliphatic rings. The summed E-state index contributed by atoms with van der Waals surface area (Å²) in [5.74, 6) is 0. The number of benzene rings is 4. The fourth-order valence-electron chi connectivity index (χ4n) is 6.93. The van der Waals surface area contributed by atoms with Crippen LogP contribution in [0.15, 0.2) is 109 Å². The molecule has 4 aromatic carbocycles. The molecule has 6 aromatic rings. The zero-order chi connectivity index (χ0) is 25.2. The normalized spacial score (nSPS) is 13.5. The molecule has 2 heteroatoms. The van der Waals surface area contributed by atoms with Gasteiger partial charge in [0.05, 0.1) is 11.1 Å². The van der Waals surface area contributed by atoms with Crippen LogP contribution in [0.3, 0.4) is 0 Å². The van der Waals surface area contributed by atoms with Crippen LogP contribution in [0.4, 0.5) is 0 Å². The number of aryl methyl sites for hydroxylation is 3. The molecule has 0 amide bonds. The number of nitrogens with zero attached hydrogens (tertiary/aromatic N) is 2. The van der Waals surface area contributed by atoms with E-state index in [0.29, 0.717) is 0 Å². The Hall–Kier alpha value is -4.43. The van der Waals surface area contributed by atoms with Gasteiger partial charge in [-0.25, -0.2) is 0 Å². The minimum absolute atomic E-state index is 1.05. The molecule has 0 atom stereocenters. The van der Waals surface area contributed by atoms with E-state index in [1.54, 1.807) is 0 Å². The summed E-state index contributed by atoms with van der Waals surface area (Å²) in [7, 11) is 2.13. The van der Waals surface area contributed by atoms with Gasteiger partial charge in [-0.3, -0.25) is 0 Å². The van der Waals surface area contributed by atoms with Gasteiger partial charge in [0, 0.05) is 53.0 Å². The average molecular weight is 490 g/mol. The van der Waals surface area contributed by atoms with Crippen molar-refractivity contribution in [2.24, 2.45) is 7.05 Å². The fourth-order valence-corrected chi connectivity index (χ4v) is 6.93. The molecule has 0 N–H and O–H groups in total. The summed E-state index contributed by atoms with van der Waals surface area (Å²) in [6.45, 7) is 0. The highest BCUT2D eigenvalue weighted by atomic mass is 15.0. The van der Waals surface area contributed by atoms with Gasteiger partial charge in [-0.15, -0.1) is 0 Å². The molecule has 0 fully saturated rings. The number of hydrogen-bond acceptors (Lipinski definition) is 0. The highest BCUT2D eigenvalue weighted by Crippen LogP contribution is 2.45. The number of aromatic nitrogens is 2. The van der Waals surface area contributed by atoms with Crippen molar-refractivity contribution in [3.63, 3.8) is 0 Å². The zero-order valence-corrected chi connectivity index (χ0v) is 21.6. The van der Waals surface area contributed by atoms with E-state index in [0.717, 1.165) is 25.7 Å². The van der Waals surface area contributed by atoms with Gasteiger partial charge in [0.25, 0.3) is 0 Å². The molecule has 0 radical (unpaired) electrons. The van der Waals surface area contributed by atoms with Gasteiger partial charge in [-0.05, 0) is 66.6 Å². The number of fused-ring (bicyclic) bond motifs is 7. The summed E-state index contributed by atoms with van der Waals surface area (Å²) in [4.78, 5) is 0. The summed E-state index contributed by atoms with van der Waals surface area (Å²) in [6, 6.07) is 38.4. The molecule has 2 nitrogen and oxygen atoms in total. The maximum atomic E-state index is 2.61. The lowest BCUT2D eigenvalue weighted by molar-refractivity contribution is -0.573. The Morgan fingerprint density at radius 1 is 0.605 bits per heavy atom. The molecule has 2 aromatic heterocycles. The van der Waals surface area contributed by atoms with Crippen molar-refractivity contribution in [3.8, 4) is 39.3 Å². The number of rotatable bonds is 2. The Bertz CT molecular complexity index is 1800. The lowest BCUT2D eigenvalue weighted by Gasteiger charge is -2.28. The molecule has 182 valence electrons. The van der Waals surface area contributed by atoms with Crippen LogP contribution in [0, 0.1) is 0 Å². The second-order valence-electron chi connectivity index (χ2n) is 10.7. The fraction of sp³-hybridized carbons (Fsp3) is 0.139. The summed E-state index contributed by atoms with van der Waals surface area (Å²) in [6.07, 6.45) is 6.43. The average Bonchev–Trinajstić information content (AvgIpc) is 3.35. The summed E-state index contributed by atoms with van der Waals surface area (Å²) in [5, 5.41) is 1.28. The van der Waals surface area contributed by atoms with Gasteiger partial charge < -0.3 is 4.57 Å². The van der Waals surface area contributed by atoms with E-state index in [-0.39, 0.29) is 0 Å². The van der Waals surface area contributed by atoms with Crippen molar-refractivity contribution in [3.05, 3.63) is 132 Å². The summed E-state index contributed by atoms with van der Waals surface area (Å²) >= 11 is 0. The highest BCUT2D eigenvalue weighted by molar-refractivity contribution is 5.87. The topological polar surface area (TPSA) is 8.81 Å². The third kappa shape index (κ3) is 3.10. The van der Waals surface area contributed by atoms with Crippen molar-refractivity contribution in [1.82, 2.24) is 4.57 Å². The predicted molar refractivity (Wildman–Crippen MR) is 156 cm³/mol. The van der Waals surface area contributed by atoms with Crippen LogP contribution in [-0.2, 0) is 32.7 Å². The first-order chi connectivity index (χ1) is 18.8. The molecule has 0 bridgehead atoms. The van der Waals surface area contributed by atoms with Crippen molar-refractivity contribution >= 4 is 10.9 Å². The Labute approximate surface area is 223 Å². The second kappa shape index (κ2) is 8.29. The predicted octanol–water partition coefficient (Wildman–Crippen LogP) is 7.65. The van der Waals surface area contributed by atoms with E-state index < -0.39 is 0 Å². The SMILES string of the molecule is Cn1ccc2cc(-[n+]3c4c(c(-c5ccccc5)c5c3-c3ccccc3CC5)CCc3ccccc3-4)ccc21. The van der Waals surface area contributed by atoms with Crippen molar-refractivity contribution < 1.29 is 4.57 Å². The van der Waals surface area contributed by atoms with Gasteiger partial charge in [0.15, 0.2) is 0 Å². The van der Waals surface area contributed by atoms with Gasteiger partial charge in [0.1, 0.15) is 0 Å². The molecule has 0 spiro atoms. The second-order valence-corrected chi connectivity index (χ2v) is 10.7. The van der Waals surface area contributed by atoms with Crippen LogP contribution >= 0.6 is 0 Å². The van der Waals surface area contributed by atoms with Crippen LogP contribution in [0.25, 0.3) is 50.2 Å². The van der Waals surface area contributed by atoms with Crippen LogP contribution < -0.4 is 4.57 Å². The molecule has 0 unspecified atom stereocenters. The van der Waals surface area contributed by atoms with Crippen LogP contribution in [-0.4, -0.2) is 4.57 Å². The van der Waals surface area contributed by atoms with Crippen molar-refractivity contribution in [2.75, 3.05) is 0 Å². The quantitative estimate of drug-likeness (QED) is 0.221. The van der Waals surface area contributed by atoms with Gasteiger partial charge >= 0.3 is 0 Å². The van der Waals surface area contributed by atoms with E-state index in [1.807, 2.05) is 0 Å². The zero-order valence-electron chi connectivity index (χ0n) is 21.6. The van der Waals surface area contributed by atoms with Gasteiger partial charge in [0.2, 0.25) is 17.1 Å². The third-order valence-corrected chi connectivity index (χ3v) is 8.65. The molecular weight excluding hydrogens is 460 g/mol.